The molecule has 1 saturated heterocycles. The molecule has 0 saturated carbocycles. The van der Waals surface area contributed by atoms with Crippen LogP contribution in [0.3, 0.4) is 0 Å². The fourth-order valence-corrected chi connectivity index (χ4v) is 3.93. The second-order valence-electron chi connectivity index (χ2n) is 5.41. The van der Waals surface area contributed by atoms with Crippen molar-refractivity contribution in [3.05, 3.63) is 48.6 Å². The van der Waals surface area contributed by atoms with E-state index in [1.807, 2.05) is 13.0 Å². The zero-order valence-corrected chi connectivity index (χ0v) is 13.9. The van der Waals surface area contributed by atoms with E-state index in [1.165, 1.54) is 18.2 Å². The van der Waals surface area contributed by atoms with Crippen molar-refractivity contribution in [2.75, 3.05) is 24.3 Å². The van der Waals surface area contributed by atoms with E-state index < -0.39 is 9.84 Å². The predicted molar refractivity (Wildman–Crippen MR) is 90.0 cm³/mol. The molecule has 5 nitrogen and oxygen atoms in total. The average molecular weight is 335 g/mol. The highest BCUT2D eigenvalue weighted by Crippen LogP contribution is 2.21. The van der Waals surface area contributed by atoms with Gasteiger partial charge < -0.3 is 10.1 Å². The quantitative estimate of drug-likeness (QED) is 0.640. The van der Waals surface area contributed by atoms with Gasteiger partial charge in [-0.05, 0) is 43.5 Å². The van der Waals surface area contributed by atoms with Crippen LogP contribution in [-0.4, -0.2) is 33.3 Å². The predicted octanol–water partition coefficient (Wildman–Crippen LogP) is 2.57. The first-order valence-corrected chi connectivity index (χ1v) is 9.17. The molecule has 0 unspecified atom stereocenters. The number of amides is 1. The third kappa shape index (κ3) is 5.33. The molecular weight excluding hydrogens is 314 g/mol. The van der Waals surface area contributed by atoms with E-state index in [1.54, 1.807) is 24.3 Å². The molecule has 1 amide bonds. The lowest BCUT2D eigenvalue weighted by Gasteiger charge is -2.09. The molecule has 0 spiro atoms. The highest BCUT2D eigenvalue weighted by molar-refractivity contribution is 7.91. The molecular formula is C17H21NO4S. The summed E-state index contributed by atoms with van der Waals surface area (Å²) in [5.41, 5.74) is 0.559. The average Bonchev–Trinajstić information content (AvgIpc) is 3.00. The lowest BCUT2D eigenvalue weighted by Crippen LogP contribution is -2.16. The Kier molecular flexibility index (Phi) is 6.12. The topological polar surface area (TPSA) is 72.5 Å². The van der Waals surface area contributed by atoms with Gasteiger partial charge in [-0.3, -0.25) is 4.79 Å². The highest BCUT2D eigenvalue weighted by Gasteiger charge is 2.24. The van der Waals surface area contributed by atoms with Crippen molar-refractivity contribution in [3.63, 3.8) is 0 Å². The molecule has 6 heteroatoms. The van der Waals surface area contributed by atoms with Crippen molar-refractivity contribution in [1.82, 2.24) is 0 Å². The van der Waals surface area contributed by atoms with Gasteiger partial charge in [0.25, 0.3) is 0 Å². The number of hydrogen-bond donors (Lipinski definition) is 1. The molecule has 1 heterocycles. The largest absolute Gasteiger partial charge is 0.381 e. The van der Waals surface area contributed by atoms with Crippen LogP contribution in [0, 0.1) is 5.92 Å². The molecule has 1 N–H and O–H groups in total. The van der Waals surface area contributed by atoms with Gasteiger partial charge in [-0.25, -0.2) is 8.42 Å². The number of carbonyl (C=O) groups is 1. The van der Waals surface area contributed by atoms with Gasteiger partial charge in [-0.15, -0.1) is 0 Å². The van der Waals surface area contributed by atoms with Gasteiger partial charge in [0.2, 0.25) is 5.91 Å². The normalized spacial score (nSPS) is 18.7. The Morgan fingerprint density at radius 1 is 1.30 bits per heavy atom. The van der Waals surface area contributed by atoms with Gasteiger partial charge in [-0.1, -0.05) is 18.2 Å². The van der Waals surface area contributed by atoms with Crippen LogP contribution in [0.25, 0.3) is 0 Å². The number of carbonyl (C=O) groups excluding carboxylic acids is 1. The van der Waals surface area contributed by atoms with Gasteiger partial charge >= 0.3 is 0 Å². The van der Waals surface area contributed by atoms with Gasteiger partial charge in [0.1, 0.15) is 0 Å². The van der Waals surface area contributed by atoms with Crippen molar-refractivity contribution in [1.29, 1.82) is 0 Å². The number of ether oxygens (including phenoxy) is 1. The minimum absolute atomic E-state index is 0.0659. The SMILES string of the molecule is C/C=C/C=C\C(=O)Nc1ccc(S(=O)(=O)C[C@@H]2CCOC2)cc1. The van der Waals surface area contributed by atoms with E-state index in [-0.39, 0.29) is 22.5 Å². The van der Waals surface area contributed by atoms with E-state index in [0.717, 1.165) is 6.42 Å². The van der Waals surface area contributed by atoms with Crippen LogP contribution in [0.1, 0.15) is 13.3 Å². The Morgan fingerprint density at radius 3 is 2.65 bits per heavy atom. The van der Waals surface area contributed by atoms with Gasteiger partial charge in [0, 0.05) is 18.4 Å². The number of rotatable bonds is 6. The van der Waals surface area contributed by atoms with Crippen molar-refractivity contribution < 1.29 is 17.9 Å². The summed E-state index contributed by atoms with van der Waals surface area (Å²) >= 11 is 0. The second-order valence-corrected chi connectivity index (χ2v) is 7.44. The molecule has 1 atom stereocenters. The van der Waals surface area contributed by atoms with E-state index in [2.05, 4.69) is 5.32 Å². The van der Waals surface area contributed by atoms with E-state index in [0.29, 0.717) is 18.9 Å². The number of sulfone groups is 1. The molecule has 0 aromatic heterocycles. The highest BCUT2D eigenvalue weighted by atomic mass is 32.2. The molecule has 0 aliphatic carbocycles. The summed E-state index contributed by atoms with van der Waals surface area (Å²) in [7, 11) is -3.32. The van der Waals surface area contributed by atoms with Crippen LogP contribution < -0.4 is 5.32 Å². The maximum atomic E-state index is 12.3. The maximum absolute atomic E-state index is 12.3. The lowest BCUT2D eigenvalue weighted by molar-refractivity contribution is -0.111. The van der Waals surface area contributed by atoms with Crippen molar-refractivity contribution >= 4 is 21.4 Å². The molecule has 124 valence electrons. The molecule has 1 fully saturated rings. The monoisotopic (exact) mass is 335 g/mol. The minimum atomic E-state index is -3.32. The Labute approximate surface area is 137 Å². The Morgan fingerprint density at radius 2 is 2.04 bits per heavy atom. The molecule has 1 aliphatic rings. The van der Waals surface area contributed by atoms with Crippen molar-refractivity contribution in [2.45, 2.75) is 18.2 Å². The molecule has 1 aromatic rings. The van der Waals surface area contributed by atoms with Gasteiger partial charge in [-0.2, -0.15) is 0 Å². The van der Waals surface area contributed by atoms with Crippen LogP contribution in [0.5, 0.6) is 0 Å². The molecule has 23 heavy (non-hydrogen) atoms. The van der Waals surface area contributed by atoms with E-state index >= 15 is 0 Å². The molecule has 1 aliphatic heterocycles. The number of hydrogen-bond acceptors (Lipinski definition) is 4. The lowest BCUT2D eigenvalue weighted by atomic mass is 10.2. The number of benzene rings is 1. The molecule has 0 radical (unpaired) electrons. The molecule has 1 aromatic carbocycles. The van der Waals surface area contributed by atoms with Gasteiger partial charge in [0.05, 0.1) is 17.3 Å². The number of anilines is 1. The minimum Gasteiger partial charge on any atom is -0.381 e. The van der Waals surface area contributed by atoms with Crippen LogP contribution in [0.15, 0.2) is 53.5 Å². The summed E-state index contributed by atoms with van der Waals surface area (Å²) in [5.74, 6) is -0.0944. The summed E-state index contributed by atoms with van der Waals surface area (Å²) in [6, 6.07) is 6.24. The van der Waals surface area contributed by atoms with Gasteiger partial charge in [0.15, 0.2) is 9.84 Å². The van der Waals surface area contributed by atoms with Crippen LogP contribution in [-0.2, 0) is 19.4 Å². The first kappa shape index (κ1) is 17.4. The smallest absolute Gasteiger partial charge is 0.248 e. The zero-order chi connectivity index (χ0) is 16.7. The Balaban J connectivity index is 1.99. The van der Waals surface area contributed by atoms with E-state index in [4.69, 9.17) is 4.74 Å². The van der Waals surface area contributed by atoms with Crippen LogP contribution in [0.2, 0.25) is 0 Å². The maximum Gasteiger partial charge on any atom is 0.248 e. The van der Waals surface area contributed by atoms with Crippen molar-refractivity contribution in [3.8, 4) is 0 Å². The summed E-state index contributed by atoms with van der Waals surface area (Å²) in [6.45, 7) is 3.00. The van der Waals surface area contributed by atoms with Crippen LogP contribution >= 0.6 is 0 Å². The zero-order valence-electron chi connectivity index (χ0n) is 13.1. The third-order valence-corrected chi connectivity index (χ3v) is 5.41. The molecule has 0 bridgehead atoms. The summed E-state index contributed by atoms with van der Waals surface area (Å²) in [5, 5.41) is 2.68. The van der Waals surface area contributed by atoms with Crippen molar-refractivity contribution in [2.24, 2.45) is 5.92 Å². The fraction of sp³-hybridized carbons (Fsp3) is 0.353. The fourth-order valence-electron chi connectivity index (χ4n) is 2.30. The summed E-state index contributed by atoms with van der Waals surface area (Å²) in [6.07, 6.45) is 7.40. The number of nitrogens with one attached hydrogen (secondary N) is 1. The second kappa shape index (κ2) is 8.08. The first-order valence-electron chi connectivity index (χ1n) is 7.52. The van der Waals surface area contributed by atoms with E-state index in [9.17, 15) is 13.2 Å². The standard InChI is InChI=1S/C17H21NO4S/c1-2-3-4-5-17(19)18-15-6-8-16(9-7-15)23(20,21)13-14-10-11-22-12-14/h2-9,14H,10-13H2,1H3,(H,18,19)/b3-2+,5-4-/t14-/m1/s1. The summed E-state index contributed by atoms with van der Waals surface area (Å²) in [4.78, 5) is 11.9. The molecule has 2 rings (SSSR count). The Hall–Kier alpha value is -1.92. The number of allylic oxidation sites excluding steroid dienone is 3. The third-order valence-electron chi connectivity index (χ3n) is 3.51. The summed E-state index contributed by atoms with van der Waals surface area (Å²) < 4.78 is 29.9. The Bertz CT molecular complexity index is 684. The first-order chi connectivity index (χ1) is 11.0. The van der Waals surface area contributed by atoms with Crippen LogP contribution in [0.4, 0.5) is 5.69 Å².